The Labute approximate surface area is 124 Å². The fraction of sp³-hybridized carbons (Fsp3) is 0.176. The first kappa shape index (κ1) is 14.8. The Morgan fingerprint density at radius 2 is 2.00 bits per heavy atom. The minimum atomic E-state index is -0.0185. The summed E-state index contributed by atoms with van der Waals surface area (Å²) in [5, 5.41) is 2.89. The van der Waals surface area contributed by atoms with Gasteiger partial charge >= 0.3 is 0 Å². The highest BCUT2D eigenvalue weighted by Gasteiger charge is 2.03. The third-order valence-corrected chi connectivity index (χ3v) is 2.87. The summed E-state index contributed by atoms with van der Waals surface area (Å²) in [5.41, 5.74) is 8.19. The first-order chi connectivity index (χ1) is 10.3. The lowest BCUT2D eigenvalue weighted by Crippen LogP contribution is -2.24. The summed E-state index contributed by atoms with van der Waals surface area (Å²) < 4.78 is 0. The summed E-state index contributed by atoms with van der Waals surface area (Å²) >= 11 is 0. The van der Waals surface area contributed by atoms with E-state index in [1.54, 1.807) is 12.4 Å². The summed E-state index contributed by atoms with van der Waals surface area (Å²) in [7, 11) is 0. The summed E-state index contributed by atoms with van der Waals surface area (Å²) in [4.78, 5) is 15.8. The molecule has 106 valence electrons. The van der Waals surface area contributed by atoms with Crippen LogP contribution in [0.3, 0.4) is 0 Å². The van der Waals surface area contributed by atoms with E-state index in [4.69, 9.17) is 5.73 Å². The minimum absolute atomic E-state index is 0.0185. The van der Waals surface area contributed by atoms with Crippen LogP contribution >= 0.6 is 0 Å². The average molecular weight is 279 g/mol. The van der Waals surface area contributed by atoms with Crippen LogP contribution in [0.5, 0.6) is 0 Å². The van der Waals surface area contributed by atoms with Crippen molar-refractivity contribution in [1.29, 1.82) is 0 Å². The van der Waals surface area contributed by atoms with Gasteiger partial charge in [0, 0.05) is 24.5 Å². The average Bonchev–Trinajstić information content (AvgIpc) is 2.53. The van der Waals surface area contributed by atoms with E-state index < -0.39 is 0 Å². The smallest absolute Gasteiger partial charge is 0.224 e. The lowest BCUT2D eigenvalue weighted by molar-refractivity contribution is -0.120. The van der Waals surface area contributed by atoms with Gasteiger partial charge in [0.15, 0.2) is 0 Å². The second kappa shape index (κ2) is 7.83. The van der Waals surface area contributed by atoms with Gasteiger partial charge in [-0.1, -0.05) is 30.0 Å². The second-order valence-electron chi connectivity index (χ2n) is 4.52. The molecular formula is C17H17N3O. The van der Waals surface area contributed by atoms with Gasteiger partial charge in [-0.15, -0.1) is 0 Å². The van der Waals surface area contributed by atoms with Crippen LogP contribution in [-0.4, -0.2) is 17.4 Å². The van der Waals surface area contributed by atoms with Gasteiger partial charge in [-0.2, -0.15) is 0 Å². The molecule has 3 N–H and O–H groups in total. The molecular weight excluding hydrogens is 262 g/mol. The molecule has 1 amide bonds. The molecule has 2 rings (SSSR count). The maximum absolute atomic E-state index is 11.8. The van der Waals surface area contributed by atoms with Gasteiger partial charge in [0.05, 0.1) is 13.0 Å². The largest absolute Gasteiger partial charge is 0.352 e. The fourth-order valence-electron chi connectivity index (χ4n) is 1.81. The molecule has 0 fully saturated rings. The highest BCUT2D eigenvalue weighted by atomic mass is 16.1. The molecule has 0 saturated heterocycles. The Hall–Kier alpha value is -2.64. The zero-order chi connectivity index (χ0) is 14.9. The Kier molecular flexibility index (Phi) is 5.50. The number of benzene rings is 1. The Morgan fingerprint density at radius 3 is 2.67 bits per heavy atom. The third kappa shape index (κ3) is 5.09. The molecule has 0 aliphatic rings. The predicted molar refractivity (Wildman–Crippen MR) is 82.2 cm³/mol. The van der Waals surface area contributed by atoms with Crippen LogP contribution in [0, 0.1) is 11.8 Å². The molecule has 0 aliphatic carbocycles. The van der Waals surface area contributed by atoms with Crippen LogP contribution in [0.25, 0.3) is 0 Å². The molecule has 21 heavy (non-hydrogen) atoms. The number of hydrogen-bond donors (Lipinski definition) is 2. The zero-order valence-corrected chi connectivity index (χ0v) is 11.7. The molecule has 0 bridgehead atoms. The number of nitrogens with two attached hydrogens (primary N) is 1. The van der Waals surface area contributed by atoms with Crippen LogP contribution in [-0.2, 0) is 17.8 Å². The van der Waals surface area contributed by atoms with Crippen molar-refractivity contribution in [1.82, 2.24) is 10.3 Å². The van der Waals surface area contributed by atoms with Gasteiger partial charge in [0.2, 0.25) is 5.91 Å². The zero-order valence-electron chi connectivity index (χ0n) is 11.7. The summed E-state index contributed by atoms with van der Waals surface area (Å²) in [5.74, 6) is 5.74. The maximum atomic E-state index is 11.8. The van der Waals surface area contributed by atoms with E-state index in [0.29, 0.717) is 19.5 Å². The van der Waals surface area contributed by atoms with E-state index in [1.165, 1.54) is 0 Å². The molecule has 0 saturated carbocycles. The molecule has 1 heterocycles. The number of amides is 1. The number of pyridine rings is 1. The van der Waals surface area contributed by atoms with Gasteiger partial charge in [0.25, 0.3) is 0 Å². The number of hydrogen-bond acceptors (Lipinski definition) is 3. The van der Waals surface area contributed by atoms with Crippen molar-refractivity contribution >= 4 is 5.91 Å². The molecule has 1 aromatic heterocycles. The van der Waals surface area contributed by atoms with Crippen molar-refractivity contribution in [2.45, 2.75) is 13.0 Å². The van der Waals surface area contributed by atoms with Gasteiger partial charge in [-0.3, -0.25) is 9.78 Å². The van der Waals surface area contributed by atoms with Crippen LogP contribution in [0.4, 0.5) is 0 Å². The fourth-order valence-corrected chi connectivity index (χ4v) is 1.81. The molecule has 0 spiro atoms. The minimum Gasteiger partial charge on any atom is -0.352 e. The van der Waals surface area contributed by atoms with Crippen molar-refractivity contribution < 1.29 is 4.79 Å². The highest BCUT2D eigenvalue weighted by Crippen LogP contribution is 2.03. The van der Waals surface area contributed by atoms with Crippen molar-refractivity contribution in [2.75, 3.05) is 6.54 Å². The lowest BCUT2D eigenvalue weighted by atomic mass is 10.1. The molecule has 0 unspecified atom stereocenters. The van der Waals surface area contributed by atoms with Crippen LogP contribution in [0.15, 0.2) is 48.8 Å². The standard InChI is InChI=1S/C17H17N3O/c18-9-1-3-14-5-7-15(8-6-14)13-20-17(21)11-16-4-2-10-19-12-16/h2,4-8,10,12H,9,11,13,18H2,(H,20,21). The predicted octanol–water partition coefficient (Wildman–Crippen LogP) is 1.25. The monoisotopic (exact) mass is 279 g/mol. The number of carbonyl (C=O) groups is 1. The number of aromatic nitrogens is 1. The maximum Gasteiger partial charge on any atom is 0.224 e. The van der Waals surface area contributed by atoms with Gasteiger partial charge in [-0.25, -0.2) is 0 Å². The van der Waals surface area contributed by atoms with E-state index >= 15 is 0 Å². The topological polar surface area (TPSA) is 68.0 Å². The second-order valence-corrected chi connectivity index (χ2v) is 4.52. The Bertz CT molecular complexity index is 639. The van der Waals surface area contributed by atoms with Gasteiger partial charge in [-0.05, 0) is 29.3 Å². The molecule has 0 radical (unpaired) electrons. The van der Waals surface area contributed by atoms with Gasteiger partial charge in [0.1, 0.15) is 0 Å². The van der Waals surface area contributed by atoms with Crippen molar-refractivity contribution in [3.8, 4) is 11.8 Å². The molecule has 0 aliphatic heterocycles. The van der Waals surface area contributed by atoms with E-state index in [-0.39, 0.29) is 5.91 Å². The van der Waals surface area contributed by atoms with Crippen molar-refractivity contribution in [2.24, 2.45) is 5.73 Å². The number of nitrogens with zero attached hydrogens (tertiary/aromatic N) is 1. The SMILES string of the molecule is NCC#Cc1ccc(CNC(=O)Cc2cccnc2)cc1. The summed E-state index contributed by atoms with van der Waals surface area (Å²) in [6.45, 7) is 0.857. The molecule has 4 heteroatoms. The summed E-state index contributed by atoms with van der Waals surface area (Å²) in [6, 6.07) is 11.5. The molecule has 1 aromatic carbocycles. The molecule has 4 nitrogen and oxygen atoms in total. The Morgan fingerprint density at radius 1 is 1.19 bits per heavy atom. The van der Waals surface area contributed by atoms with E-state index in [9.17, 15) is 4.79 Å². The number of carbonyl (C=O) groups excluding carboxylic acids is 1. The van der Waals surface area contributed by atoms with Crippen LogP contribution < -0.4 is 11.1 Å². The third-order valence-electron chi connectivity index (χ3n) is 2.87. The number of nitrogens with one attached hydrogen (secondary N) is 1. The molecule has 2 aromatic rings. The lowest BCUT2D eigenvalue weighted by Gasteiger charge is -2.05. The van der Waals surface area contributed by atoms with E-state index in [1.807, 2.05) is 36.4 Å². The van der Waals surface area contributed by atoms with E-state index in [0.717, 1.165) is 16.7 Å². The quantitative estimate of drug-likeness (QED) is 0.828. The Balaban J connectivity index is 1.84. The number of rotatable bonds is 4. The first-order valence-electron chi connectivity index (χ1n) is 6.71. The van der Waals surface area contributed by atoms with Crippen LogP contribution in [0.1, 0.15) is 16.7 Å². The van der Waals surface area contributed by atoms with Crippen LogP contribution in [0.2, 0.25) is 0 Å². The van der Waals surface area contributed by atoms with Crippen molar-refractivity contribution in [3.05, 3.63) is 65.5 Å². The summed E-state index contributed by atoms with van der Waals surface area (Å²) in [6.07, 6.45) is 3.73. The van der Waals surface area contributed by atoms with E-state index in [2.05, 4.69) is 22.1 Å². The van der Waals surface area contributed by atoms with Crippen molar-refractivity contribution in [3.63, 3.8) is 0 Å². The first-order valence-corrected chi connectivity index (χ1v) is 6.71. The normalized spacial score (nSPS) is 9.57. The van der Waals surface area contributed by atoms with Gasteiger partial charge < -0.3 is 11.1 Å². The highest BCUT2D eigenvalue weighted by molar-refractivity contribution is 5.78. The molecule has 0 atom stereocenters.